The van der Waals surface area contributed by atoms with Crippen molar-refractivity contribution >= 4 is 0 Å². The highest BCUT2D eigenvalue weighted by molar-refractivity contribution is 4.86. The number of hydrogen-bond acceptors (Lipinski definition) is 4. The topological polar surface area (TPSA) is 41.7 Å². The predicted molar refractivity (Wildman–Crippen MR) is 60.9 cm³/mol. The highest BCUT2D eigenvalue weighted by Crippen LogP contribution is 2.13. The second kappa shape index (κ2) is 4.78. The first kappa shape index (κ1) is 11.3. The van der Waals surface area contributed by atoms with E-state index in [9.17, 15) is 0 Å². The third kappa shape index (κ3) is 2.91. The average Bonchev–Trinajstić information content (AvgIpc) is 2.16. The zero-order chi connectivity index (χ0) is 10.8. The summed E-state index contributed by atoms with van der Waals surface area (Å²) in [5, 5.41) is 0. The van der Waals surface area contributed by atoms with Crippen molar-refractivity contribution in [2.24, 2.45) is 5.73 Å². The van der Waals surface area contributed by atoms with Crippen molar-refractivity contribution in [1.29, 1.82) is 0 Å². The van der Waals surface area contributed by atoms with Gasteiger partial charge in [-0.25, -0.2) is 0 Å². The van der Waals surface area contributed by atoms with Crippen molar-refractivity contribution in [1.82, 2.24) is 9.80 Å². The molecule has 0 aromatic rings. The van der Waals surface area contributed by atoms with Crippen molar-refractivity contribution in [3.63, 3.8) is 0 Å². The Hall–Kier alpha value is -0.160. The maximum atomic E-state index is 5.78. The van der Waals surface area contributed by atoms with E-state index in [1.807, 2.05) is 0 Å². The van der Waals surface area contributed by atoms with Crippen LogP contribution in [-0.4, -0.2) is 67.3 Å². The number of likely N-dealkylation sites (tertiary alicyclic amines) is 1. The van der Waals surface area contributed by atoms with E-state index in [2.05, 4.69) is 23.6 Å². The first-order chi connectivity index (χ1) is 7.15. The van der Waals surface area contributed by atoms with E-state index >= 15 is 0 Å². The van der Waals surface area contributed by atoms with E-state index in [4.69, 9.17) is 10.5 Å². The first-order valence-electron chi connectivity index (χ1n) is 5.98. The lowest BCUT2D eigenvalue weighted by Crippen LogP contribution is -2.59. The molecule has 15 heavy (non-hydrogen) atoms. The van der Waals surface area contributed by atoms with Crippen LogP contribution < -0.4 is 5.73 Å². The van der Waals surface area contributed by atoms with Crippen molar-refractivity contribution in [2.75, 3.05) is 39.3 Å². The molecule has 0 spiro atoms. The minimum Gasteiger partial charge on any atom is -0.374 e. The average molecular weight is 213 g/mol. The van der Waals surface area contributed by atoms with Crippen LogP contribution in [0.1, 0.15) is 13.8 Å². The standard InChI is InChI=1S/C11H23N3O/c1-9(2)14-3-4-15-11(8-14)7-13-5-10(12)6-13/h9-11H,3-8,12H2,1-2H3. The van der Waals surface area contributed by atoms with E-state index in [1.54, 1.807) is 0 Å². The number of ether oxygens (including phenoxy) is 1. The summed E-state index contributed by atoms with van der Waals surface area (Å²) in [7, 11) is 0. The minimum atomic E-state index is 0.383. The molecule has 0 amide bonds. The monoisotopic (exact) mass is 213 g/mol. The normalized spacial score (nSPS) is 30.8. The number of nitrogens with two attached hydrogens (primary N) is 1. The molecule has 1 unspecified atom stereocenters. The van der Waals surface area contributed by atoms with Crippen LogP contribution in [0.5, 0.6) is 0 Å². The SMILES string of the molecule is CC(C)N1CCOC(CN2CC(N)C2)C1. The molecule has 2 N–H and O–H groups in total. The first-order valence-corrected chi connectivity index (χ1v) is 5.98. The minimum absolute atomic E-state index is 0.383. The summed E-state index contributed by atoms with van der Waals surface area (Å²) in [6.45, 7) is 10.7. The van der Waals surface area contributed by atoms with Crippen LogP contribution in [0.25, 0.3) is 0 Å². The highest BCUT2D eigenvalue weighted by Gasteiger charge is 2.29. The van der Waals surface area contributed by atoms with Crippen LogP contribution >= 0.6 is 0 Å². The van der Waals surface area contributed by atoms with Crippen LogP contribution in [0.15, 0.2) is 0 Å². The van der Waals surface area contributed by atoms with Gasteiger partial charge in [0.25, 0.3) is 0 Å². The fourth-order valence-electron chi connectivity index (χ4n) is 2.37. The Morgan fingerprint density at radius 1 is 1.33 bits per heavy atom. The fourth-order valence-corrected chi connectivity index (χ4v) is 2.37. The van der Waals surface area contributed by atoms with Gasteiger partial charge in [0.15, 0.2) is 0 Å². The van der Waals surface area contributed by atoms with Gasteiger partial charge in [0.1, 0.15) is 0 Å². The Morgan fingerprint density at radius 2 is 2.07 bits per heavy atom. The molecule has 1 atom stereocenters. The third-order valence-electron chi connectivity index (χ3n) is 3.35. The maximum absolute atomic E-state index is 5.78. The van der Waals surface area contributed by atoms with Crippen molar-refractivity contribution < 1.29 is 4.74 Å². The van der Waals surface area contributed by atoms with Gasteiger partial charge in [-0.1, -0.05) is 0 Å². The summed E-state index contributed by atoms with van der Waals surface area (Å²) in [6.07, 6.45) is 0.383. The summed E-state index contributed by atoms with van der Waals surface area (Å²) in [5.41, 5.74) is 5.76. The van der Waals surface area contributed by atoms with Gasteiger partial charge in [-0.2, -0.15) is 0 Å². The second-order valence-electron chi connectivity index (χ2n) is 5.06. The summed E-state index contributed by atoms with van der Waals surface area (Å²) in [5.74, 6) is 0. The molecule has 2 heterocycles. The summed E-state index contributed by atoms with van der Waals surface area (Å²) in [6, 6.07) is 1.03. The molecule has 4 heteroatoms. The number of morpholine rings is 1. The van der Waals surface area contributed by atoms with Crippen LogP contribution in [0.3, 0.4) is 0 Å². The van der Waals surface area contributed by atoms with Gasteiger partial charge in [0, 0.05) is 44.8 Å². The van der Waals surface area contributed by atoms with Crippen LogP contribution in [0.2, 0.25) is 0 Å². The molecule has 88 valence electrons. The van der Waals surface area contributed by atoms with Gasteiger partial charge in [-0.3, -0.25) is 9.80 Å². The van der Waals surface area contributed by atoms with Crippen LogP contribution in [-0.2, 0) is 4.74 Å². The Labute approximate surface area is 92.4 Å². The van der Waals surface area contributed by atoms with Gasteiger partial charge in [0.2, 0.25) is 0 Å². The number of rotatable bonds is 3. The number of nitrogens with zero attached hydrogens (tertiary/aromatic N) is 2. The second-order valence-corrected chi connectivity index (χ2v) is 5.06. The quantitative estimate of drug-likeness (QED) is 0.701. The predicted octanol–water partition coefficient (Wildman–Crippen LogP) is -0.261. The summed E-state index contributed by atoms with van der Waals surface area (Å²) in [4.78, 5) is 4.88. The lowest BCUT2D eigenvalue weighted by Gasteiger charge is -2.42. The molecule has 0 aromatic carbocycles. The largest absolute Gasteiger partial charge is 0.374 e. The van der Waals surface area contributed by atoms with Gasteiger partial charge >= 0.3 is 0 Å². The summed E-state index contributed by atoms with van der Waals surface area (Å²) >= 11 is 0. The van der Waals surface area contributed by atoms with Crippen molar-refractivity contribution in [3.05, 3.63) is 0 Å². The summed E-state index contributed by atoms with van der Waals surface area (Å²) < 4.78 is 5.78. The molecule has 2 aliphatic heterocycles. The molecular weight excluding hydrogens is 190 g/mol. The van der Waals surface area contributed by atoms with E-state index in [0.29, 0.717) is 18.2 Å². The Kier molecular flexibility index (Phi) is 3.61. The Balaban J connectivity index is 1.73. The Morgan fingerprint density at radius 3 is 2.67 bits per heavy atom. The van der Waals surface area contributed by atoms with E-state index in [0.717, 1.165) is 39.3 Å². The van der Waals surface area contributed by atoms with Gasteiger partial charge in [-0.05, 0) is 13.8 Å². The third-order valence-corrected chi connectivity index (χ3v) is 3.35. The Bertz CT molecular complexity index is 204. The van der Waals surface area contributed by atoms with Crippen LogP contribution in [0, 0.1) is 0 Å². The molecule has 2 fully saturated rings. The molecular formula is C11H23N3O. The van der Waals surface area contributed by atoms with Gasteiger partial charge < -0.3 is 10.5 Å². The highest BCUT2D eigenvalue weighted by atomic mass is 16.5. The van der Waals surface area contributed by atoms with E-state index in [1.165, 1.54) is 0 Å². The van der Waals surface area contributed by atoms with Crippen molar-refractivity contribution in [2.45, 2.75) is 32.0 Å². The zero-order valence-electron chi connectivity index (χ0n) is 9.85. The van der Waals surface area contributed by atoms with E-state index in [-0.39, 0.29) is 0 Å². The molecule has 4 nitrogen and oxygen atoms in total. The smallest absolute Gasteiger partial charge is 0.0829 e. The fraction of sp³-hybridized carbons (Fsp3) is 1.00. The molecule has 0 aromatic heterocycles. The van der Waals surface area contributed by atoms with Gasteiger partial charge in [0.05, 0.1) is 12.7 Å². The number of hydrogen-bond donors (Lipinski definition) is 1. The van der Waals surface area contributed by atoms with Crippen LogP contribution in [0.4, 0.5) is 0 Å². The molecule has 0 aliphatic carbocycles. The molecule has 2 aliphatic rings. The van der Waals surface area contributed by atoms with Gasteiger partial charge in [-0.15, -0.1) is 0 Å². The molecule has 2 saturated heterocycles. The van der Waals surface area contributed by atoms with Crippen molar-refractivity contribution in [3.8, 4) is 0 Å². The molecule has 0 bridgehead atoms. The van der Waals surface area contributed by atoms with E-state index < -0.39 is 0 Å². The lowest BCUT2D eigenvalue weighted by molar-refractivity contribution is -0.0607. The molecule has 0 radical (unpaired) electrons. The molecule has 2 rings (SSSR count). The maximum Gasteiger partial charge on any atom is 0.0829 e. The lowest BCUT2D eigenvalue weighted by atomic mass is 10.1. The molecule has 0 saturated carbocycles. The zero-order valence-corrected chi connectivity index (χ0v) is 9.85.